The molecule has 1 aromatic heterocycles. The van der Waals surface area contributed by atoms with Gasteiger partial charge in [-0.05, 0) is 75.5 Å². The normalized spacial score (nSPS) is 19.7. The molecule has 1 amide bonds. The van der Waals surface area contributed by atoms with E-state index < -0.39 is 5.60 Å². The second kappa shape index (κ2) is 8.59. The first-order valence-corrected chi connectivity index (χ1v) is 10.2. The number of ether oxygens (including phenoxy) is 1. The average molecular weight is 376 g/mol. The van der Waals surface area contributed by atoms with Gasteiger partial charge in [0.2, 0.25) is 0 Å². The van der Waals surface area contributed by atoms with E-state index in [1.807, 2.05) is 31.9 Å². The van der Waals surface area contributed by atoms with E-state index >= 15 is 0 Å². The van der Waals surface area contributed by atoms with Gasteiger partial charge >= 0.3 is 6.09 Å². The number of pyridine rings is 1. The lowest BCUT2D eigenvalue weighted by Gasteiger charge is -2.34. The van der Waals surface area contributed by atoms with E-state index in [-0.39, 0.29) is 17.6 Å². The monoisotopic (exact) mass is 375 g/mol. The lowest BCUT2D eigenvalue weighted by Crippen LogP contribution is -2.43. The predicted molar refractivity (Wildman–Crippen MR) is 110 cm³/mol. The number of carbonyl (C=O) groups is 1. The summed E-state index contributed by atoms with van der Waals surface area (Å²) in [6.07, 6.45) is 5.71. The average Bonchev–Trinajstić information content (AvgIpc) is 2.58. The molecule has 1 saturated heterocycles. The first kappa shape index (κ1) is 21.7. The highest BCUT2D eigenvalue weighted by Gasteiger charge is 2.28. The van der Waals surface area contributed by atoms with Gasteiger partial charge in [-0.3, -0.25) is 4.98 Å². The van der Waals surface area contributed by atoms with Crippen LogP contribution < -0.4 is 5.73 Å². The third kappa shape index (κ3) is 6.80. The molecule has 0 saturated carbocycles. The molecule has 1 aliphatic heterocycles. The molecule has 27 heavy (non-hydrogen) atoms. The van der Waals surface area contributed by atoms with Crippen molar-refractivity contribution in [1.82, 2.24) is 9.88 Å². The maximum Gasteiger partial charge on any atom is 0.410 e. The van der Waals surface area contributed by atoms with Crippen LogP contribution in [-0.2, 0) is 10.2 Å². The van der Waals surface area contributed by atoms with Crippen LogP contribution >= 0.6 is 0 Å². The third-order valence-corrected chi connectivity index (χ3v) is 5.08. The van der Waals surface area contributed by atoms with Gasteiger partial charge in [-0.25, -0.2) is 4.79 Å². The Bertz CT molecular complexity index is 631. The van der Waals surface area contributed by atoms with E-state index in [4.69, 9.17) is 10.5 Å². The van der Waals surface area contributed by atoms with Crippen molar-refractivity contribution in [1.29, 1.82) is 0 Å². The van der Waals surface area contributed by atoms with Gasteiger partial charge < -0.3 is 15.4 Å². The summed E-state index contributed by atoms with van der Waals surface area (Å²) in [6, 6.07) is 4.14. The number of hydrogen-bond donors (Lipinski definition) is 1. The van der Waals surface area contributed by atoms with Gasteiger partial charge in [-0.2, -0.15) is 0 Å². The summed E-state index contributed by atoms with van der Waals surface area (Å²) >= 11 is 0. The van der Waals surface area contributed by atoms with Gasteiger partial charge in [0.1, 0.15) is 5.60 Å². The molecular formula is C22H37N3O2. The number of nitrogens with zero attached hydrogens (tertiary/aromatic N) is 2. The van der Waals surface area contributed by atoms with E-state index in [1.165, 1.54) is 5.56 Å². The van der Waals surface area contributed by atoms with Gasteiger partial charge in [0.25, 0.3) is 0 Å². The van der Waals surface area contributed by atoms with Crippen molar-refractivity contribution in [3.8, 4) is 0 Å². The van der Waals surface area contributed by atoms with Gasteiger partial charge in [0.15, 0.2) is 0 Å². The Labute approximate surface area is 164 Å². The fraction of sp³-hybridized carbons (Fsp3) is 0.727. The first-order valence-electron chi connectivity index (χ1n) is 10.2. The van der Waals surface area contributed by atoms with Gasteiger partial charge in [0.05, 0.1) is 5.69 Å². The zero-order chi connectivity index (χ0) is 20.2. The molecule has 0 spiro atoms. The standard InChI is InChI=1S/C22H37N3O2/c1-21(2,3)17-11-12-24-19(14-17)18(23)10-9-16-8-7-13-25(15-16)20(26)27-22(4,5)6/h11-12,14,16,18H,7-10,13,15,23H2,1-6H3/t16-,18?/m1/s1. The van der Waals surface area contributed by atoms with Crippen molar-refractivity contribution in [3.05, 3.63) is 29.6 Å². The Kier molecular flexibility index (Phi) is 6.90. The van der Waals surface area contributed by atoms with Crippen LogP contribution in [0.25, 0.3) is 0 Å². The molecule has 2 rings (SSSR count). The lowest BCUT2D eigenvalue weighted by atomic mass is 9.86. The van der Waals surface area contributed by atoms with Crippen LogP contribution in [0.3, 0.4) is 0 Å². The number of amides is 1. The van der Waals surface area contributed by atoms with Crippen LogP contribution in [0.1, 0.15) is 84.5 Å². The summed E-state index contributed by atoms with van der Waals surface area (Å²) in [5.41, 5.74) is 8.30. The molecule has 0 aliphatic carbocycles. The largest absolute Gasteiger partial charge is 0.444 e. The maximum atomic E-state index is 12.3. The minimum Gasteiger partial charge on any atom is -0.444 e. The van der Waals surface area contributed by atoms with E-state index in [2.05, 4.69) is 37.9 Å². The Morgan fingerprint density at radius 3 is 2.67 bits per heavy atom. The Morgan fingerprint density at radius 1 is 1.33 bits per heavy atom. The Hall–Kier alpha value is -1.62. The SMILES string of the molecule is CC(C)(C)OC(=O)N1CCC[C@H](CCC(N)c2cc(C(C)(C)C)ccn2)C1. The third-order valence-electron chi connectivity index (χ3n) is 5.08. The van der Waals surface area contributed by atoms with Gasteiger partial charge in [-0.15, -0.1) is 0 Å². The minimum absolute atomic E-state index is 0.0656. The summed E-state index contributed by atoms with van der Waals surface area (Å²) in [4.78, 5) is 18.7. The highest BCUT2D eigenvalue weighted by atomic mass is 16.6. The molecule has 1 aromatic rings. The highest BCUT2D eigenvalue weighted by molar-refractivity contribution is 5.68. The Balaban J connectivity index is 1.89. The summed E-state index contributed by atoms with van der Waals surface area (Å²) < 4.78 is 5.52. The molecule has 1 unspecified atom stereocenters. The van der Waals surface area contributed by atoms with Crippen molar-refractivity contribution >= 4 is 6.09 Å². The molecule has 1 fully saturated rings. The number of nitrogens with two attached hydrogens (primary N) is 1. The molecule has 2 heterocycles. The van der Waals surface area contributed by atoms with Gasteiger partial charge in [0, 0.05) is 25.3 Å². The fourth-order valence-corrected chi connectivity index (χ4v) is 3.47. The molecule has 5 nitrogen and oxygen atoms in total. The van der Waals surface area contributed by atoms with Crippen molar-refractivity contribution in [2.45, 2.75) is 84.3 Å². The first-order chi connectivity index (χ1) is 12.5. The number of piperidine rings is 1. The van der Waals surface area contributed by atoms with Crippen LogP contribution in [-0.4, -0.2) is 34.7 Å². The van der Waals surface area contributed by atoms with E-state index in [0.717, 1.165) is 44.5 Å². The van der Waals surface area contributed by atoms with Crippen molar-refractivity contribution in [2.24, 2.45) is 11.7 Å². The van der Waals surface area contributed by atoms with Crippen molar-refractivity contribution in [3.63, 3.8) is 0 Å². The molecule has 0 aromatic carbocycles. The van der Waals surface area contributed by atoms with E-state index in [9.17, 15) is 4.79 Å². The molecule has 2 atom stereocenters. The Morgan fingerprint density at radius 2 is 2.04 bits per heavy atom. The number of carbonyl (C=O) groups excluding carboxylic acids is 1. The maximum absolute atomic E-state index is 12.3. The van der Waals surface area contributed by atoms with Crippen LogP contribution in [0.15, 0.2) is 18.3 Å². The molecule has 1 aliphatic rings. The summed E-state index contributed by atoms with van der Waals surface area (Å²) in [5.74, 6) is 0.475. The molecule has 0 bridgehead atoms. The summed E-state index contributed by atoms with van der Waals surface area (Å²) in [7, 11) is 0. The van der Waals surface area contributed by atoms with Crippen LogP contribution in [0.2, 0.25) is 0 Å². The number of likely N-dealkylation sites (tertiary alicyclic amines) is 1. The zero-order valence-corrected chi connectivity index (χ0v) is 17.9. The van der Waals surface area contributed by atoms with Crippen LogP contribution in [0.5, 0.6) is 0 Å². The molecule has 5 heteroatoms. The second-order valence-electron chi connectivity index (χ2n) is 9.84. The van der Waals surface area contributed by atoms with Crippen LogP contribution in [0.4, 0.5) is 4.79 Å². The smallest absolute Gasteiger partial charge is 0.410 e. The number of hydrogen-bond acceptors (Lipinski definition) is 4. The van der Waals surface area contributed by atoms with Gasteiger partial charge in [-0.1, -0.05) is 20.8 Å². The predicted octanol–water partition coefficient (Wildman–Crippen LogP) is 4.81. The minimum atomic E-state index is -0.448. The van der Waals surface area contributed by atoms with Crippen LogP contribution in [0, 0.1) is 5.92 Å². The van der Waals surface area contributed by atoms with E-state index in [0.29, 0.717) is 5.92 Å². The highest BCUT2D eigenvalue weighted by Crippen LogP contribution is 2.28. The quantitative estimate of drug-likeness (QED) is 0.820. The van der Waals surface area contributed by atoms with Crippen molar-refractivity contribution < 1.29 is 9.53 Å². The second-order valence-corrected chi connectivity index (χ2v) is 9.84. The fourth-order valence-electron chi connectivity index (χ4n) is 3.47. The van der Waals surface area contributed by atoms with Crippen molar-refractivity contribution in [2.75, 3.05) is 13.1 Å². The van der Waals surface area contributed by atoms with E-state index in [1.54, 1.807) is 0 Å². The summed E-state index contributed by atoms with van der Waals surface area (Å²) in [6.45, 7) is 13.9. The lowest BCUT2D eigenvalue weighted by molar-refractivity contribution is 0.0160. The number of rotatable bonds is 4. The zero-order valence-electron chi connectivity index (χ0n) is 17.9. The molecule has 2 N–H and O–H groups in total. The molecule has 0 radical (unpaired) electrons. The molecule has 152 valence electrons. The summed E-state index contributed by atoms with van der Waals surface area (Å²) in [5, 5.41) is 0. The topological polar surface area (TPSA) is 68.5 Å². The number of aromatic nitrogens is 1. The molecular weight excluding hydrogens is 338 g/mol.